The highest BCUT2D eigenvalue weighted by Crippen LogP contribution is 2.44. The number of nitrogens with zero attached hydrogens (tertiary/aromatic N) is 4. The monoisotopic (exact) mass is 756 g/mol. The molecule has 4 heterocycles. The van der Waals surface area contributed by atoms with E-state index in [0.717, 1.165) is 98.1 Å². The van der Waals surface area contributed by atoms with Gasteiger partial charge < -0.3 is 20.5 Å². The highest BCUT2D eigenvalue weighted by Gasteiger charge is 2.39. The van der Waals surface area contributed by atoms with Crippen molar-refractivity contribution in [1.82, 2.24) is 19.8 Å². The molecule has 11 nitrogen and oxygen atoms in total. The molecule has 2 aliphatic carbocycles. The number of aliphatic carboxylic acids is 1. The number of benzene rings is 2. The number of likely N-dealkylation sites (tertiary alicyclic amines) is 2. The smallest absolute Gasteiger partial charge is 0.320 e. The van der Waals surface area contributed by atoms with Crippen LogP contribution in [0.15, 0.2) is 60.9 Å². The molecule has 11 heteroatoms. The van der Waals surface area contributed by atoms with E-state index in [-0.39, 0.29) is 17.4 Å². The Hall–Kier alpha value is -4.97. The lowest BCUT2D eigenvalue weighted by atomic mass is 9.94. The summed E-state index contributed by atoms with van der Waals surface area (Å²) in [6.07, 6.45) is 10.6. The molecule has 4 aromatic rings. The quantitative estimate of drug-likeness (QED) is 0.126. The molecule has 8 rings (SSSR count). The van der Waals surface area contributed by atoms with E-state index in [2.05, 4.69) is 32.4 Å². The number of hydrogen-bond donors (Lipinski definition) is 3. The fourth-order valence-electron chi connectivity index (χ4n) is 8.62. The molecule has 292 valence electrons. The molecule has 3 N–H and O–H groups in total. The molecular formula is C45H52N6O5. The number of carboxylic acids is 1. The van der Waals surface area contributed by atoms with E-state index < -0.39 is 12.0 Å². The molecule has 4 aliphatic rings. The van der Waals surface area contributed by atoms with Crippen molar-refractivity contribution < 1.29 is 24.2 Å². The van der Waals surface area contributed by atoms with Gasteiger partial charge in [-0.25, -0.2) is 0 Å². The average Bonchev–Trinajstić information content (AvgIpc) is 4.11. The van der Waals surface area contributed by atoms with Crippen LogP contribution in [0.2, 0.25) is 0 Å². The maximum absolute atomic E-state index is 13.7. The first-order valence-electron chi connectivity index (χ1n) is 20.0. The van der Waals surface area contributed by atoms with Crippen LogP contribution in [0.3, 0.4) is 0 Å². The van der Waals surface area contributed by atoms with Crippen LogP contribution in [0, 0.1) is 13.8 Å². The third kappa shape index (κ3) is 7.98. The first-order chi connectivity index (χ1) is 27.0. The molecule has 4 fully saturated rings. The Kier molecular flexibility index (Phi) is 10.5. The summed E-state index contributed by atoms with van der Waals surface area (Å²) in [7, 11) is 1.76. The molecule has 2 aromatic heterocycles. The van der Waals surface area contributed by atoms with E-state index in [4.69, 9.17) is 4.74 Å². The summed E-state index contributed by atoms with van der Waals surface area (Å²) in [6, 6.07) is 15.1. The molecule has 0 bridgehead atoms. The SMILES string of the molecule is COC1(C)CN(Cc2cnc(C(=O)Nc3cccc(-c4cccc(NC(=O)c5cc(C6CC6)c(CN6CCCC[C@H]6C(=O)O)cn5)c4C)c3C)cc2C2CC2)C1. The highest BCUT2D eigenvalue weighted by molar-refractivity contribution is 6.05. The summed E-state index contributed by atoms with van der Waals surface area (Å²) in [5, 5.41) is 16.0. The molecule has 56 heavy (non-hydrogen) atoms. The summed E-state index contributed by atoms with van der Waals surface area (Å²) in [4.78, 5) is 52.9. The van der Waals surface area contributed by atoms with Gasteiger partial charge in [0.25, 0.3) is 11.8 Å². The van der Waals surface area contributed by atoms with Gasteiger partial charge in [-0.3, -0.25) is 34.2 Å². The molecule has 2 saturated carbocycles. The standard InChI is InChI=1S/C45H52N6O5/c1-27-33(9-7-11-37(27)48-42(52)39-19-35(29-14-15-29)31(21-46-39)23-50-25-45(3,26-50)56-4)34-10-8-12-38(28(34)2)49-43(53)40-20-36(30-16-17-30)32(22-47-40)24-51-18-6-5-13-41(51)44(54)55/h7-12,19-22,29-30,41H,5-6,13-18,23-26H2,1-4H3,(H,48,52)(H,49,53)(H,54,55)/t41-/m0/s1. The Morgan fingerprint density at radius 1 is 0.786 bits per heavy atom. The van der Waals surface area contributed by atoms with Gasteiger partial charge in [0.1, 0.15) is 17.4 Å². The van der Waals surface area contributed by atoms with Gasteiger partial charge in [0.15, 0.2) is 0 Å². The number of ether oxygens (including phenoxy) is 1. The van der Waals surface area contributed by atoms with Gasteiger partial charge in [-0.2, -0.15) is 0 Å². The maximum Gasteiger partial charge on any atom is 0.320 e. The van der Waals surface area contributed by atoms with E-state index in [1.807, 2.05) is 73.5 Å². The van der Waals surface area contributed by atoms with Crippen molar-refractivity contribution in [2.24, 2.45) is 0 Å². The van der Waals surface area contributed by atoms with Crippen LogP contribution in [-0.2, 0) is 22.6 Å². The summed E-state index contributed by atoms with van der Waals surface area (Å²) < 4.78 is 5.63. The number of nitrogens with one attached hydrogen (secondary N) is 2. The number of piperidine rings is 1. The van der Waals surface area contributed by atoms with Crippen molar-refractivity contribution >= 4 is 29.2 Å². The zero-order valence-corrected chi connectivity index (χ0v) is 32.9. The van der Waals surface area contributed by atoms with Crippen molar-refractivity contribution in [2.45, 2.75) is 102 Å². The van der Waals surface area contributed by atoms with Gasteiger partial charge in [0, 0.05) is 57.1 Å². The number of rotatable bonds is 13. The number of aromatic nitrogens is 2. The summed E-state index contributed by atoms with van der Waals surface area (Å²) in [5.74, 6) is -0.466. The minimum Gasteiger partial charge on any atom is -0.480 e. The minimum absolute atomic E-state index is 0.0946. The Morgan fingerprint density at radius 2 is 1.30 bits per heavy atom. The Morgan fingerprint density at radius 3 is 1.79 bits per heavy atom. The van der Waals surface area contributed by atoms with Crippen molar-refractivity contribution in [3.05, 3.63) is 106 Å². The van der Waals surface area contributed by atoms with Gasteiger partial charge in [-0.05, 0) is 146 Å². The number of amides is 2. The van der Waals surface area contributed by atoms with Gasteiger partial charge in [-0.1, -0.05) is 30.7 Å². The third-order valence-corrected chi connectivity index (χ3v) is 12.3. The third-order valence-electron chi connectivity index (χ3n) is 12.3. The van der Waals surface area contributed by atoms with Crippen LogP contribution in [0.4, 0.5) is 11.4 Å². The average molecular weight is 757 g/mol. The molecule has 2 saturated heterocycles. The van der Waals surface area contributed by atoms with Crippen LogP contribution < -0.4 is 10.6 Å². The number of methoxy groups -OCH3 is 1. The molecule has 2 aromatic carbocycles. The minimum atomic E-state index is -0.777. The first kappa shape index (κ1) is 37.9. The van der Waals surface area contributed by atoms with E-state index in [9.17, 15) is 19.5 Å². The lowest BCUT2D eigenvalue weighted by Crippen LogP contribution is -2.60. The lowest BCUT2D eigenvalue weighted by Gasteiger charge is -2.47. The predicted molar refractivity (Wildman–Crippen MR) is 216 cm³/mol. The van der Waals surface area contributed by atoms with E-state index in [0.29, 0.717) is 47.6 Å². The van der Waals surface area contributed by atoms with Crippen LogP contribution in [0.5, 0.6) is 0 Å². The topological polar surface area (TPSA) is 137 Å². The lowest BCUT2D eigenvalue weighted by molar-refractivity contribution is -0.144. The maximum atomic E-state index is 13.7. The zero-order valence-electron chi connectivity index (χ0n) is 32.9. The largest absolute Gasteiger partial charge is 0.480 e. The molecule has 0 unspecified atom stereocenters. The normalized spacial score (nSPS) is 19.6. The second-order valence-electron chi connectivity index (χ2n) is 16.6. The fraction of sp³-hybridized carbons (Fsp3) is 0.444. The highest BCUT2D eigenvalue weighted by atomic mass is 16.5. The summed E-state index contributed by atoms with van der Waals surface area (Å²) in [6.45, 7) is 9.95. The van der Waals surface area contributed by atoms with Crippen molar-refractivity contribution in [1.29, 1.82) is 0 Å². The van der Waals surface area contributed by atoms with Crippen molar-refractivity contribution in [3.8, 4) is 11.1 Å². The van der Waals surface area contributed by atoms with Crippen LogP contribution in [0.25, 0.3) is 11.1 Å². The Bertz CT molecular complexity index is 2170. The van der Waals surface area contributed by atoms with E-state index >= 15 is 0 Å². The molecular weight excluding hydrogens is 705 g/mol. The van der Waals surface area contributed by atoms with E-state index in [1.165, 1.54) is 11.1 Å². The Balaban J connectivity index is 0.969. The molecule has 0 radical (unpaired) electrons. The Labute approximate surface area is 328 Å². The number of pyridine rings is 2. The number of anilines is 2. The van der Waals surface area contributed by atoms with Crippen LogP contribution in [0.1, 0.15) is 118 Å². The number of carbonyl (C=O) groups excluding carboxylic acids is 2. The van der Waals surface area contributed by atoms with E-state index in [1.54, 1.807) is 13.3 Å². The van der Waals surface area contributed by atoms with Gasteiger partial charge in [0.05, 0.1) is 5.60 Å². The van der Waals surface area contributed by atoms with Crippen molar-refractivity contribution in [2.75, 3.05) is 37.4 Å². The fourth-order valence-corrected chi connectivity index (χ4v) is 8.62. The summed E-state index contributed by atoms with van der Waals surface area (Å²) >= 11 is 0. The molecule has 2 amide bonds. The van der Waals surface area contributed by atoms with Gasteiger partial charge in [-0.15, -0.1) is 0 Å². The van der Waals surface area contributed by atoms with Crippen molar-refractivity contribution in [3.63, 3.8) is 0 Å². The molecule has 2 aliphatic heterocycles. The second kappa shape index (κ2) is 15.5. The van der Waals surface area contributed by atoms with Crippen LogP contribution >= 0.6 is 0 Å². The van der Waals surface area contributed by atoms with Crippen LogP contribution in [-0.4, -0.2) is 81.0 Å². The molecule has 0 spiro atoms. The molecule has 1 atom stereocenters. The summed E-state index contributed by atoms with van der Waals surface area (Å²) in [5.41, 5.74) is 10.3. The van der Waals surface area contributed by atoms with Gasteiger partial charge >= 0.3 is 5.97 Å². The van der Waals surface area contributed by atoms with Gasteiger partial charge in [0.2, 0.25) is 0 Å². The second-order valence-corrected chi connectivity index (χ2v) is 16.6. The number of carbonyl (C=O) groups is 3. The predicted octanol–water partition coefficient (Wildman–Crippen LogP) is 7.68. The first-order valence-corrected chi connectivity index (χ1v) is 20.0. The number of hydrogen-bond acceptors (Lipinski definition) is 8. The number of carboxylic acid groups (broad SMARTS) is 1. The zero-order chi connectivity index (χ0) is 39.1.